The number of nitrogens with zero attached hydrogens (tertiary/aromatic N) is 2. The summed E-state index contributed by atoms with van der Waals surface area (Å²) < 4.78 is 12.7. The van der Waals surface area contributed by atoms with Gasteiger partial charge in [0.05, 0.1) is 22.4 Å². The third kappa shape index (κ3) is 3.44. The first-order valence-electron chi connectivity index (χ1n) is 10.6. The van der Waals surface area contributed by atoms with Crippen molar-refractivity contribution in [3.8, 4) is 22.6 Å². The molecule has 1 aliphatic heterocycles. The Morgan fingerprint density at radius 3 is 2.03 bits per heavy atom. The molecule has 5 rings (SSSR count). The first-order chi connectivity index (χ1) is 14.9. The van der Waals surface area contributed by atoms with Crippen LogP contribution in [0.25, 0.3) is 33.5 Å². The third-order valence-electron chi connectivity index (χ3n) is 6.36. The van der Waals surface area contributed by atoms with Crippen LogP contribution in [-0.4, -0.2) is 28.3 Å². The van der Waals surface area contributed by atoms with Gasteiger partial charge >= 0.3 is 7.12 Å². The van der Waals surface area contributed by atoms with Gasteiger partial charge in [-0.05, 0) is 39.2 Å². The maximum atomic E-state index is 6.37. The second-order valence-corrected chi connectivity index (χ2v) is 8.95. The molecule has 0 aliphatic carbocycles. The molecule has 1 fully saturated rings. The largest absolute Gasteiger partial charge is 0.495 e. The minimum Gasteiger partial charge on any atom is -0.399 e. The molecule has 0 amide bonds. The minimum absolute atomic E-state index is 0.409. The van der Waals surface area contributed by atoms with Crippen LogP contribution in [0.2, 0.25) is 0 Å². The summed E-state index contributed by atoms with van der Waals surface area (Å²) in [4.78, 5) is 9.86. The normalized spacial score (nSPS) is 17.2. The smallest absolute Gasteiger partial charge is 0.399 e. The predicted molar refractivity (Wildman–Crippen MR) is 126 cm³/mol. The van der Waals surface area contributed by atoms with Gasteiger partial charge in [-0.15, -0.1) is 0 Å². The fourth-order valence-electron chi connectivity index (χ4n) is 3.89. The highest BCUT2D eigenvalue weighted by atomic mass is 16.7. The molecule has 4 nitrogen and oxygen atoms in total. The van der Waals surface area contributed by atoms with E-state index >= 15 is 0 Å². The van der Waals surface area contributed by atoms with Crippen LogP contribution in [0.1, 0.15) is 27.7 Å². The lowest BCUT2D eigenvalue weighted by atomic mass is 9.75. The van der Waals surface area contributed by atoms with Crippen LogP contribution in [-0.2, 0) is 9.31 Å². The minimum atomic E-state index is -0.463. The zero-order chi connectivity index (χ0) is 21.6. The Bertz CT molecular complexity index is 1240. The van der Waals surface area contributed by atoms with Gasteiger partial charge in [-0.2, -0.15) is 0 Å². The molecule has 5 heteroatoms. The molecule has 4 aromatic rings. The van der Waals surface area contributed by atoms with Crippen LogP contribution in [0.4, 0.5) is 0 Å². The number of para-hydroxylation sites is 1. The van der Waals surface area contributed by atoms with Gasteiger partial charge in [0.1, 0.15) is 0 Å². The highest BCUT2D eigenvalue weighted by Crippen LogP contribution is 2.38. The van der Waals surface area contributed by atoms with Crippen molar-refractivity contribution >= 4 is 23.5 Å². The van der Waals surface area contributed by atoms with E-state index in [4.69, 9.17) is 19.3 Å². The number of rotatable bonds is 3. The summed E-state index contributed by atoms with van der Waals surface area (Å²) in [6, 6.07) is 26.4. The van der Waals surface area contributed by atoms with E-state index in [1.165, 1.54) is 0 Å². The van der Waals surface area contributed by atoms with Crippen molar-refractivity contribution in [2.45, 2.75) is 38.9 Å². The van der Waals surface area contributed by atoms with Gasteiger partial charge in [-0.3, -0.25) is 0 Å². The molecular formula is C26H25BN2O2. The van der Waals surface area contributed by atoms with E-state index in [1.54, 1.807) is 0 Å². The first kappa shape index (κ1) is 19.9. The number of hydrogen-bond donors (Lipinski definition) is 0. The standard InChI is InChI=1S/C26H25BN2O2/c1-25(2)26(3,4)31-27(30-25)21-16-10-8-14-19(21)23-20-15-9-11-17-22(20)28-24(29-23)18-12-6-5-7-13-18/h5-17H,1-4H3. The topological polar surface area (TPSA) is 44.2 Å². The molecule has 1 aliphatic rings. The summed E-state index contributed by atoms with van der Waals surface area (Å²) in [6.45, 7) is 8.29. The summed E-state index contributed by atoms with van der Waals surface area (Å²) >= 11 is 0. The fraction of sp³-hybridized carbons (Fsp3) is 0.231. The van der Waals surface area contributed by atoms with Crippen molar-refractivity contribution in [3.63, 3.8) is 0 Å². The van der Waals surface area contributed by atoms with Crippen molar-refractivity contribution in [2.24, 2.45) is 0 Å². The van der Waals surface area contributed by atoms with Gasteiger partial charge in [-0.1, -0.05) is 72.8 Å². The van der Waals surface area contributed by atoms with Crippen LogP contribution < -0.4 is 5.46 Å². The first-order valence-corrected chi connectivity index (χ1v) is 10.6. The van der Waals surface area contributed by atoms with Crippen LogP contribution in [0, 0.1) is 0 Å². The Balaban J connectivity index is 1.71. The van der Waals surface area contributed by atoms with Gasteiger partial charge in [0.25, 0.3) is 0 Å². The van der Waals surface area contributed by atoms with E-state index in [9.17, 15) is 0 Å². The lowest BCUT2D eigenvalue weighted by molar-refractivity contribution is 0.00578. The molecular weight excluding hydrogens is 383 g/mol. The summed E-state index contributed by atoms with van der Waals surface area (Å²) in [6.07, 6.45) is 0. The molecule has 154 valence electrons. The van der Waals surface area contributed by atoms with Crippen LogP contribution in [0.15, 0.2) is 78.9 Å². The van der Waals surface area contributed by atoms with Crippen molar-refractivity contribution in [1.29, 1.82) is 0 Å². The number of aromatic nitrogens is 2. The van der Waals surface area contributed by atoms with Gasteiger partial charge < -0.3 is 9.31 Å². The summed E-state index contributed by atoms with van der Waals surface area (Å²) in [7, 11) is -0.463. The molecule has 0 unspecified atom stereocenters. The highest BCUT2D eigenvalue weighted by molar-refractivity contribution is 6.64. The second kappa shape index (κ2) is 7.29. The lowest BCUT2D eigenvalue weighted by Gasteiger charge is -2.32. The number of benzene rings is 3. The van der Waals surface area contributed by atoms with E-state index in [-0.39, 0.29) is 0 Å². The average molecular weight is 408 g/mol. The molecule has 0 atom stereocenters. The van der Waals surface area contributed by atoms with Crippen molar-refractivity contribution in [1.82, 2.24) is 9.97 Å². The summed E-state index contributed by atoms with van der Waals surface area (Å²) in [5.74, 6) is 0.707. The molecule has 31 heavy (non-hydrogen) atoms. The Labute approximate surface area is 183 Å². The summed E-state index contributed by atoms with van der Waals surface area (Å²) in [5.41, 5.74) is 3.94. The van der Waals surface area contributed by atoms with E-state index in [2.05, 4.69) is 45.9 Å². The molecule has 1 saturated heterocycles. The molecule has 3 aromatic carbocycles. The Hall–Kier alpha value is -3.02. The van der Waals surface area contributed by atoms with Crippen molar-refractivity contribution in [2.75, 3.05) is 0 Å². The maximum Gasteiger partial charge on any atom is 0.495 e. The van der Waals surface area contributed by atoms with Gasteiger partial charge in [0.15, 0.2) is 5.82 Å². The zero-order valence-electron chi connectivity index (χ0n) is 18.3. The van der Waals surface area contributed by atoms with E-state index in [0.29, 0.717) is 5.82 Å². The molecule has 0 N–H and O–H groups in total. The lowest BCUT2D eigenvalue weighted by Crippen LogP contribution is -2.41. The quantitative estimate of drug-likeness (QED) is 0.434. The van der Waals surface area contributed by atoms with E-state index in [1.807, 2.05) is 60.7 Å². The molecule has 0 radical (unpaired) electrons. The van der Waals surface area contributed by atoms with Crippen molar-refractivity contribution in [3.05, 3.63) is 78.9 Å². The SMILES string of the molecule is CC1(C)OB(c2ccccc2-c2nc(-c3ccccc3)nc3ccccc23)OC1(C)C. The Kier molecular flexibility index (Phi) is 4.69. The van der Waals surface area contributed by atoms with Crippen LogP contribution in [0.5, 0.6) is 0 Å². The Morgan fingerprint density at radius 2 is 1.29 bits per heavy atom. The summed E-state index contributed by atoms with van der Waals surface area (Å²) in [5, 5.41) is 1.01. The van der Waals surface area contributed by atoms with E-state index < -0.39 is 18.3 Å². The van der Waals surface area contributed by atoms with Crippen LogP contribution in [0.3, 0.4) is 0 Å². The molecule has 1 aromatic heterocycles. The van der Waals surface area contributed by atoms with E-state index in [0.717, 1.165) is 33.2 Å². The molecule has 0 spiro atoms. The number of fused-ring (bicyclic) bond motifs is 1. The average Bonchev–Trinajstić information content (AvgIpc) is 3.00. The monoisotopic (exact) mass is 408 g/mol. The molecule has 0 saturated carbocycles. The highest BCUT2D eigenvalue weighted by Gasteiger charge is 2.52. The molecule has 0 bridgehead atoms. The maximum absolute atomic E-state index is 6.37. The van der Waals surface area contributed by atoms with Crippen molar-refractivity contribution < 1.29 is 9.31 Å². The fourth-order valence-corrected chi connectivity index (χ4v) is 3.89. The Morgan fingerprint density at radius 1 is 0.677 bits per heavy atom. The predicted octanol–water partition coefficient (Wildman–Crippen LogP) is 5.26. The van der Waals surface area contributed by atoms with Gasteiger partial charge in [0.2, 0.25) is 0 Å². The third-order valence-corrected chi connectivity index (χ3v) is 6.36. The molecule has 2 heterocycles. The van der Waals surface area contributed by atoms with Gasteiger partial charge in [-0.25, -0.2) is 9.97 Å². The van der Waals surface area contributed by atoms with Crippen LogP contribution >= 0.6 is 0 Å². The van der Waals surface area contributed by atoms with Gasteiger partial charge in [0, 0.05) is 16.5 Å². The zero-order valence-corrected chi connectivity index (χ0v) is 18.3. The second-order valence-electron chi connectivity index (χ2n) is 8.95. The number of hydrogen-bond acceptors (Lipinski definition) is 4.